The number of nitrogens with one attached hydrogen (secondary N) is 1. The molecule has 8 heteroatoms. The third-order valence-electron chi connectivity index (χ3n) is 4.95. The van der Waals surface area contributed by atoms with Gasteiger partial charge in [-0.05, 0) is 49.2 Å². The van der Waals surface area contributed by atoms with Crippen molar-refractivity contribution in [3.05, 3.63) is 99.4 Å². The fourth-order valence-corrected chi connectivity index (χ4v) is 3.36. The third-order valence-corrected chi connectivity index (χ3v) is 5.24. The topological polar surface area (TPSA) is 99.5 Å². The van der Waals surface area contributed by atoms with Gasteiger partial charge in [-0.15, -0.1) is 0 Å². The first kappa shape index (κ1) is 22.1. The number of aliphatic hydroxyl groups excluding tert-OH is 2. The lowest BCUT2D eigenvalue weighted by atomic mass is 10.1. The number of hydrogen-bond donors (Lipinski definition) is 3. The Labute approximate surface area is 185 Å². The van der Waals surface area contributed by atoms with Gasteiger partial charge in [-0.25, -0.2) is 0 Å². The summed E-state index contributed by atoms with van der Waals surface area (Å²) in [5.41, 5.74) is 4.11. The van der Waals surface area contributed by atoms with Crippen molar-refractivity contribution in [2.24, 2.45) is 0 Å². The van der Waals surface area contributed by atoms with Gasteiger partial charge in [0.25, 0.3) is 11.4 Å². The molecule has 3 aromatic rings. The molecule has 1 heterocycles. The number of non-ortho nitro benzene ring substituents is 1. The van der Waals surface area contributed by atoms with Crippen LogP contribution in [0.25, 0.3) is 11.5 Å². The minimum Gasteiger partial charge on any atom is -0.502 e. The molecule has 158 valence electrons. The molecule has 0 amide bonds. The van der Waals surface area contributed by atoms with E-state index in [1.807, 2.05) is 32.0 Å². The van der Waals surface area contributed by atoms with Crippen LogP contribution in [0.1, 0.15) is 22.3 Å². The summed E-state index contributed by atoms with van der Waals surface area (Å²) in [7, 11) is 0. The molecule has 0 bridgehead atoms. The van der Waals surface area contributed by atoms with E-state index >= 15 is 0 Å². The average Bonchev–Trinajstić information content (AvgIpc) is 2.77. The summed E-state index contributed by atoms with van der Waals surface area (Å²) in [6, 6.07) is 14.8. The zero-order valence-electron chi connectivity index (χ0n) is 17.1. The minimum absolute atomic E-state index is 0.0795. The smallest absolute Gasteiger partial charge is 0.288 e. The van der Waals surface area contributed by atoms with Gasteiger partial charge in [0, 0.05) is 35.0 Å². The molecule has 0 aliphatic rings. The minimum atomic E-state index is -0.502. The van der Waals surface area contributed by atoms with E-state index in [1.165, 1.54) is 24.3 Å². The Morgan fingerprint density at radius 3 is 2.48 bits per heavy atom. The second kappa shape index (κ2) is 9.46. The number of rotatable bonds is 6. The van der Waals surface area contributed by atoms with E-state index in [2.05, 4.69) is 5.32 Å². The number of anilines is 1. The molecule has 2 aromatic carbocycles. The molecular weight excluding hydrogens is 414 g/mol. The Hall–Kier alpha value is -3.62. The Balaban J connectivity index is 2.11. The fourth-order valence-electron chi connectivity index (χ4n) is 3.05. The summed E-state index contributed by atoms with van der Waals surface area (Å²) >= 11 is 5.64. The van der Waals surface area contributed by atoms with E-state index in [0.717, 1.165) is 16.8 Å². The summed E-state index contributed by atoms with van der Waals surface area (Å²) in [5.74, 6) is -0.155. The second-order valence-corrected chi connectivity index (χ2v) is 7.39. The monoisotopic (exact) mass is 436 g/mol. The van der Waals surface area contributed by atoms with Crippen molar-refractivity contribution in [1.29, 1.82) is 0 Å². The van der Waals surface area contributed by atoms with Crippen molar-refractivity contribution in [3.63, 3.8) is 0 Å². The van der Waals surface area contributed by atoms with Crippen LogP contribution in [0.3, 0.4) is 0 Å². The summed E-state index contributed by atoms with van der Waals surface area (Å²) in [6.45, 7) is 3.79. The Morgan fingerprint density at radius 1 is 1.13 bits per heavy atom. The summed E-state index contributed by atoms with van der Waals surface area (Å²) in [4.78, 5) is 10.7. The zero-order valence-corrected chi connectivity index (χ0v) is 17.9. The van der Waals surface area contributed by atoms with Crippen LogP contribution in [0.5, 0.6) is 0 Å². The highest BCUT2D eigenvalue weighted by molar-refractivity contribution is 7.81. The first-order chi connectivity index (χ1) is 14.8. The highest BCUT2D eigenvalue weighted by atomic mass is 32.1. The molecule has 0 spiro atoms. The van der Waals surface area contributed by atoms with E-state index in [-0.39, 0.29) is 28.7 Å². The molecule has 1 aromatic heterocycles. The Bertz CT molecular complexity index is 1170. The van der Waals surface area contributed by atoms with Crippen LogP contribution in [-0.4, -0.2) is 20.1 Å². The van der Waals surface area contributed by atoms with Crippen molar-refractivity contribution in [1.82, 2.24) is 0 Å². The van der Waals surface area contributed by atoms with Gasteiger partial charge < -0.3 is 15.5 Å². The van der Waals surface area contributed by atoms with E-state index in [9.17, 15) is 20.3 Å². The van der Waals surface area contributed by atoms with Crippen molar-refractivity contribution < 1.29 is 19.7 Å². The maximum Gasteiger partial charge on any atom is 0.288 e. The Morgan fingerprint density at radius 2 is 1.84 bits per heavy atom. The third kappa shape index (κ3) is 4.93. The maximum absolute atomic E-state index is 11.1. The molecule has 0 saturated carbocycles. The van der Waals surface area contributed by atoms with E-state index in [0.29, 0.717) is 11.1 Å². The predicted octanol–water partition coefficient (Wildman–Crippen LogP) is 4.31. The Kier molecular flexibility index (Phi) is 6.74. The number of nitro groups is 1. The lowest BCUT2D eigenvalue weighted by Gasteiger charge is -2.13. The number of nitrogens with zero attached hydrogens (tertiary/aromatic N) is 2. The van der Waals surface area contributed by atoms with Gasteiger partial charge in [0.15, 0.2) is 23.1 Å². The van der Waals surface area contributed by atoms with Crippen LogP contribution in [-0.2, 0) is 6.61 Å². The van der Waals surface area contributed by atoms with E-state index in [4.69, 9.17) is 12.2 Å². The molecule has 7 nitrogen and oxygen atoms in total. The second-order valence-electron chi connectivity index (χ2n) is 6.98. The zero-order chi connectivity index (χ0) is 22.5. The summed E-state index contributed by atoms with van der Waals surface area (Å²) in [5, 5.41) is 34.8. The first-order valence-electron chi connectivity index (χ1n) is 9.49. The van der Waals surface area contributed by atoms with E-state index in [1.54, 1.807) is 29.1 Å². The molecule has 0 atom stereocenters. The van der Waals surface area contributed by atoms with Crippen LogP contribution in [0.2, 0.25) is 0 Å². The number of aryl methyl sites for hydroxylation is 1. The molecule has 0 aliphatic carbocycles. The van der Waals surface area contributed by atoms with Gasteiger partial charge in [-0.3, -0.25) is 10.1 Å². The lowest BCUT2D eigenvalue weighted by molar-refractivity contribution is -0.576. The van der Waals surface area contributed by atoms with Crippen molar-refractivity contribution in [2.75, 3.05) is 5.32 Å². The van der Waals surface area contributed by atoms with Gasteiger partial charge in [0.05, 0.1) is 11.5 Å². The molecular formula is C23H22N3O4S+. The number of aliphatic hydroxyl groups is 2. The molecule has 3 rings (SSSR count). The predicted molar refractivity (Wildman–Crippen MR) is 124 cm³/mol. The summed E-state index contributed by atoms with van der Waals surface area (Å²) < 4.78 is 1.61. The van der Waals surface area contributed by atoms with Gasteiger partial charge in [0.2, 0.25) is 0 Å². The van der Waals surface area contributed by atoms with Gasteiger partial charge in [-0.1, -0.05) is 24.4 Å². The molecule has 0 aliphatic heterocycles. The highest BCUT2D eigenvalue weighted by Gasteiger charge is 2.25. The molecule has 0 saturated heterocycles. The lowest BCUT2D eigenvalue weighted by Crippen LogP contribution is -2.39. The average molecular weight is 437 g/mol. The van der Waals surface area contributed by atoms with Crippen LogP contribution < -0.4 is 9.88 Å². The number of benzene rings is 2. The molecule has 0 unspecified atom stereocenters. The number of thiocarbonyl (C=S) groups is 1. The number of aromatic nitrogens is 1. The van der Waals surface area contributed by atoms with Gasteiger partial charge in [-0.2, -0.15) is 4.57 Å². The molecule has 0 fully saturated rings. The van der Waals surface area contributed by atoms with Crippen molar-refractivity contribution in [2.45, 2.75) is 20.5 Å². The quantitative estimate of drug-likeness (QED) is 0.133. The maximum atomic E-state index is 11.1. The van der Waals surface area contributed by atoms with Crippen molar-refractivity contribution in [3.8, 4) is 0 Å². The molecule has 0 radical (unpaired) electrons. The van der Waals surface area contributed by atoms with Crippen LogP contribution in [0.4, 0.5) is 11.4 Å². The van der Waals surface area contributed by atoms with E-state index < -0.39 is 4.92 Å². The fraction of sp³-hybridized carbons (Fsp3) is 0.130. The number of nitro benzene ring substituents is 1. The van der Waals surface area contributed by atoms with Crippen LogP contribution in [0, 0.1) is 24.0 Å². The normalized spacial score (nSPS) is 11.6. The van der Waals surface area contributed by atoms with Gasteiger partial charge in [0.1, 0.15) is 0 Å². The molecule has 3 N–H and O–H groups in total. The van der Waals surface area contributed by atoms with Crippen LogP contribution in [0.15, 0.2) is 67.0 Å². The van der Waals surface area contributed by atoms with Gasteiger partial charge >= 0.3 is 0 Å². The SMILES string of the molecule is Cc1cccc(NC(=S)/C(=C(\O)c2ccc([N+](=O)[O-])cc2)[n+]2cccc(CO)c2)c1C. The number of pyridine rings is 1. The first-order valence-corrected chi connectivity index (χ1v) is 9.89. The molecule has 31 heavy (non-hydrogen) atoms. The standard InChI is InChI=1S/C23H21N3O4S/c1-15-5-3-7-20(16(15)2)24-23(31)21(25-12-4-6-17(13-25)14-27)22(28)18-8-10-19(11-9-18)26(29)30/h3-13,27H,14H2,1-2H3,(H-,24,28,31)/p+1. The van der Waals surface area contributed by atoms with Crippen molar-refractivity contribution >= 4 is 40.0 Å². The largest absolute Gasteiger partial charge is 0.502 e. The number of hydrogen-bond acceptors (Lipinski definition) is 5. The highest BCUT2D eigenvalue weighted by Crippen LogP contribution is 2.23. The van der Waals surface area contributed by atoms with Crippen LogP contribution >= 0.6 is 12.2 Å². The summed E-state index contributed by atoms with van der Waals surface area (Å²) in [6.07, 6.45) is 3.36.